The van der Waals surface area contributed by atoms with Crippen molar-refractivity contribution in [3.63, 3.8) is 0 Å². The van der Waals surface area contributed by atoms with Gasteiger partial charge in [0.1, 0.15) is 0 Å². The monoisotopic (exact) mass is 294 g/mol. The van der Waals surface area contributed by atoms with Gasteiger partial charge in [-0.3, -0.25) is 4.90 Å². The van der Waals surface area contributed by atoms with E-state index in [2.05, 4.69) is 10.2 Å². The van der Waals surface area contributed by atoms with Crippen LogP contribution in [0.1, 0.15) is 51.4 Å². The van der Waals surface area contributed by atoms with Crippen molar-refractivity contribution in [3.05, 3.63) is 0 Å². The summed E-state index contributed by atoms with van der Waals surface area (Å²) in [5.74, 6) is 0. The average molecular weight is 294 g/mol. The molecule has 4 nitrogen and oxygen atoms in total. The number of rotatable bonds is 5. The van der Waals surface area contributed by atoms with Crippen molar-refractivity contribution < 1.29 is 9.84 Å². The molecule has 2 unspecified atom stereocenters. The fourth-order valence-corrected chi connectivity index (χ4v) is 4.73. The van der Waals surface area contributed by atoms with Crippen LogP contribution in [-0.2, 0) is 4.74 Å². The summed E-state index contributed by atoms with van der Waals surface area (Å²) >= 11 is 0. The number of aliphatic hydroxyl groups excluding tert-OH is 1. The molecule has 1 aliphatic carbocycles. The zero-order valence-corrected chi connectivity index (χ0v) is 13.1. The normalized spacial score (nSPS) is 39.6. The van der Waals surface area contributed by atoms with E-state index in [4.69, 9.17) is 4.74 Å². The van der Waals surface area contributed by atoms with Crippen molar-refractivity contribution in [1.29, 1.82) is 0 Å². The maximum atomic E-state index is 10.0. The molecule has 4 aliphatic rings. The van der Waals surface area contributed by atoms with Crippen LogP contribution >= 0.6 is 0 Å². The molecule has 3 heterocycles. The highest BCUT2D eigenvalue weighted by atomic mass is 16.5. The molecule has 0 aromatic heterocycles. The van der Waals surface area contributed by atoms with E-state index in [0.29, 0.717) is 17.5 Å². The lowest BCUT2D eigenvalue weighted by Crippen LogP contribution is -2.53. The number of piperidine rings is 1. The first-order chi connectivity index (χ1) is 10.2. The van der Waals surface area contributed by atoms with E-state index in [-0.39, 0.29) is 6.10 Å². The molecule has 1 saturated carbocycles. The summed E-state index contributed by atoms with van der Waals surface area (Å²) in [6.45, 7) is 4.24. The maximum absolute atomic E-state index is 10.0. The van der Waals surface area contributed by atoms with E-state index in [0.717, 1.165) is 32.1 Å². The molecule has 120 valence electrons. The summed E-state index contributed by atoms with van der Waals surface area (Å²) in [5.41, 5.74) is 0.407. The summed E-state index contributed by atoms with van der Waals surface area (Å²) in [6, 6.07) is 2.07. The van der Waals surface area contributed by atoms with Crippen molar-refractivity contribution in [1.82, 2.24) is 10.2 Å². The molecule has 0 aromatic carbocycles. The van der Waals surface area contributed by atoms with Gasteiger partial charge in [0.2, 0.25) is 0 Å². The van der Waals surface area contributed by atoms with Gasteiger partial charge >= 0.3 is 0 Å². The Morgan fingerprint density at radius 2 is 1.71 bits per heavy atom. The number of nitrogens with one attached hydrogen (secondary N) is 1. The molecular weight excluding hydrogens is 264 g/mol. The molecule has 0 amide bonds. The van der Waals surface area contributed by atoms with Gasteiger partial charge < -0.3 is 15.2 Å². The molecule has 4 heteroatoms. The molecule has 0 aromatic rings. The van der Waals surface area contributed by atoms with Gasteiger partial charge in [-0.2, -0.15) is 0 Å². The lowest BCUT2D eigenvalue weighted by Gasteiger charge is -2.46. The van der Waals surface area contributed by atoms with Crippen LogP contribution < -0.4 is 5.32 Å². The number of hydrogen-bond donors (Lipinski definition) is 2. The highest BCUT2D eigenvalue weighted by Gasteiger charge is 2.45. The Labute approximate surface area is 128 Å². The smallest absolute Gasteiger partial charge is 0.0570 e. The quantitative estimate of drug-likeness (QED) is 0.807. The minimum absolute atomic E-state index is 0.0472. The van der Waals surface area contributed by atoms with Gasteiger partial charge in [0.05, 0.1) is 6.10 Å². The zero-order valence-electron chi connectivity index (χ0n) is 13.1. The van der Waals surface area contributed by atoms with Crippen LogP contribution in [0.5, 0.6) is 0 Å². The Morgan fingerprint density at radius 3 is 2.33 bits per heavy atom. The minimum atomic E-state index is -0.0472. The Bertz CT molecular complexity index is 352. The van der Waals surface area contributed by atoms with E-state index in [9.17, 15) is 5.11 Å². The van der Waals surface area contributed by atoms with Gasteiger partial charge in [0.15, 0.2) is 0 Å². The third-order valence-corrected chi connectivity index (χ3v) is 6.27. The fraction of sp³-hybridized carbons (Fsp3) is 1.00. The molecule has 2 bridgehead atoms. The lowest BCUT2D eigenvalue weighted by molar-refractivity contribution is -0.0356. The van der Waals surface area contributed by atoms with Gasteiger partial charge in [-0.25, -0.2) is 0 Å². The molecular formula is C17H30N2O2. The first-order valence-electron chi connectivity index (χ1n) is 8.99. The molecule has 2 atom stereocenters. The molecule has 21 heavy (non-hydrogen) atoms. The molecule has 3 saturated heterocycles. The van der Waals surface area contributed by atoms with Crippen LogP contribution in [0.4, 0.5) is 0 Å². The van der Waals surface area contributed by atoms with E-state index < -0.39 is 0 Å². The third kappa shape index (κ3) is 3.14. The average Bonchev–Trinajstić information content (AvgIpc) is 3.27. The van der Waals surface area contributed by atoms with E-state index in [1.807, 2.05) is 0 Å². The van der Waals surface area contributed by atoms with Crippen molar-refractivity contribution in [3.8, 4) is 0 Å². The summed E-state index contributed by atoms with van der Waals surface area (Å²) < 4.78 is 5.64. The molecule has 4 rings (SSSR count). The number of ether oxygens (including phenoxy) is 1. The van der Waals surface area contributed by atoms with Crippen LogP contribution in [0, 0.1) is 5.41 Å². The van der Waals surface area contributed by atoms with Crippen LogP contribution in [-0.4, -0.2) is 60.5 Å². The number of nitrogens with zero attached hydrogens (tertiary/aromatic N) is 1. The van der Waals surface area contributed by atoms with Gasteiger partial charge in [0, 0.05) is 44.4 Å². The van der Waals surface area contributed by atoms with E-state index in [1.54, 1.807) is 0 Å². The number of aliphatic hydroxyl groups is 1. The Morgan fingerprint density at radius 1 is 1.05 bits per heavy atom. The summed E-state index contributed by atoms with van der Waals surface area (Å²) in [6.07, 6.45) is 9.68. The van der Waals surface area contributed by atoms with Gasteiger partial charge in [-0.05, 0) is 56.8 Å². The molecule has 2 N–H and O–H groups in total. The summed E-state index contributed by atoms with van der Waals surface area (Å²) in [4.78, 5) is 2.76. The molecule has 0 spiro atoms. The number of hydrogen-bond acceptors (Lipinski definition) is 4. The minimum Gasteiger partial charge on any atom is -0.393 e. The molecule has 4 fully saturated rings. The highest BCUT2D eigenvalue weighted by Crippen LogP contribution is 2.41. The van der Waals surface area contributed by atoms with Crippen LogP contribution in [0.15, 0.2) is 0 Å². The second-order valence-electron chi connectivity index (χ2n) is 7.95. The van der Waals surface area contributed by atoms with Crippen molar-refractivity contribution in [2.75, 3.05) is 26.3 Å². The number of fused-ring (bicyclic) bond motifs is 2. The predicted molar refractivity (Wildman–Crippen MR) is 82.3 cm³/mol. The van der Waals surface area contributed by atoms with E-state index in [1.165, 1.54) is 51.6 Å². The van der Waals surface area contributed by atoms with Gasteiger partial charge in [0.25, 0.3) is 0 Å². The molecule has 0 radical (unpaired) electrons. The largest absolute Gasteiger partial charge is 0.393 e. The summed E-state index contributed by atoms with van der Waals surface area (Å²) in [5, 5.41) is 13.8. The Hall–Kier alpha value is -0.160. The van der Waals surface area contributed by atoms with Gasteiger partial charge in [-0.15, -0.1) is 0 Å². The fourth-order valence-electron chi connectivity index (χ4n) is 4.73. The first kappa shape index (κ1) is 14.4. The van der Waals surface area contributed by atoms with Crippen LogP contribution in [0.3, 0.4) is 0 Å². The van der Waals surface area contributed by atoms with Crippen LogP contribution in [0.25, 0.3) is 0 Å². The lowest BCUT2D eigenvalue weighted by atomic mass is 9.78. The summed E-state index contributed by atoms with van der Waals surface area (Å²) in [7, 11) is 0. The SMILES string of the molecule is OC1CC2CCC(C1)N2CC1(CNC2CC2)CCOCC1. The Kier molecular flexibility index (Phi) is 3.99. The van der Waals surface area contributed by atoms with E-state index >= 15 is 0 Å². The highest BCUT2D eigenvalue weighted by molar-refractivity contribution is 4.99. The van der Waals surface area contributed by atoms with Crippen molar-refractivity contribution in [2.45, 2.75) is 75.6 Å². The third-order valence-electron chi connectivity index (χ3n) is 6.27. The second kappa shape index (κ2) is 5.80. The van der Waals surface area contributed by atoms with Crippen molar-refractivity contribution in [2.24, 2.45) is 5.41 Å². The standard InChI is InChI=1S/C17H30N2O2/c20-16-9-14-3-4-15(10-16)19(14)12-17(5-7-21-8-6-17)11-18-13-1-2-13/h13-16,18,20H,1-12H2. The zero-order chi connectivity index (χ0) is 14.3. The van der Waals surface area contributed by atoms with Gasteiger partial charge in [-0.1, -0.05) is 0 Å². The van der Waals surface area contributed by atoms with Crippen LogP contribution in [0.2, 0.25) is 0 Å². The Balaban J connectivity index is 1.43. The maximum Gasteiger partial charge on any atom is 0.0570 e. The topological polar surface area (TPSA) is 44.7 Å². The second-order valence-corrected chi connectivity index (χ2v) is 7.95. The van der Waals surface area contributed by atoms with Crippen molar-refractivity contribution >= 4 is 0 Å². The first-order valence-corrected chi connectivity index (χ1v) is 8.99. The molecule has 3 aliphatic heterocycles. The predicted octanol–water partition coefficient (Wildman–Crippen LogP) is 1.52.